The number of rotatable bonds is 15. The van der Waals surface area contributed by atoms with E-state index >= 15 is 0 Å². The Labute approximate surface area is 218 Å². The van der Waals surface area contributed by atoms with Crippen molar-refractivity contribution in [3.8, 4) is 11.3 Å². The van der Waals surface area contributed by atoms with Crippen LogP contribution in [0.2, 0.25) is 0 Å². The first-order valence-electron chi connectivity index (χ1n) is 13.1. The lowest BCUT2D eigenvalue weighted by molar-refractivity contribution is -0.117. The number of unbranched alkanes of at least 4 members (excludes halogenated alkanes) is 4. The first-order valence-corrected chi connectivity index (χ1v) is 13.1. The predicted octanol–water partition coefficient (Wildman–Crippen LogP) is 7.80. The largest absolute Gasteiger partial charge is 0.383 e. The number of hydrogen-bond donors (Lipinski definition) is 0. The molecule has 1 aromatic heterocycles. The summed E-state index contributed by atoms with van der Waals surface area (Å²) in [6.45, 7) is 7.82. The van der Waals surface area contributed by atoms with E-state index < -0.39 is 0 Å². The van der Waals surface area contributed by atoms with Crippen molar-refractivity contribution in [2.24, 2.45) is 4.99 Å². The lowest BCUT2D eigenvalue weighted by Gasteiger charge is -2.14. The highest BCUT2D eigenvalue weighted by Crippen LogP contribution is 2.27. The normalized spacial score (nSPS) is 12.2. The van der Waals surface area contributed by atoms with Gasteiger partial charge in [0.1, 0.15) is 5.78 Å². The van der Waals surface area contributed by atoms with E-state index in [1.165, 1.54) is 5.56 Å². The summed E-state index contributed by atoms with van der Waals surface area (Å²) in [5.74, 6) is 0.287. The molecule has 192 valence electrons. The standard InChI is InChI=1S/C32H43N3O/c1-7-15-29(23-33-4)30-20-21-31(34-32(30)19-13-11-9-10-12-16-25(3)36)28-18-14-17-27(22-28)26(8-2)24-35(5)6/h8,14-15,17-18,20-24H,2,7,9-13,16,19H2,1,3-6H3/b26-24+,29-15+,33-23?. The number of ketones is 1. The van der Waals surface area contributed by atoms with Gasteiger partial charge in [-0.05, 0) is 61.4 Å². The quantitative estimate of drug-likeness (QED) is 0.147. The van der Waals surface area contributed by atoms with Gasteiger partial charge in [0.15, 0.2) is 0 Å². The van der Waals surface area contributed by atoms with Crippen molar-refractivity contribution in [3.05, 3.63) is 78.1 Å². The highest BCUT2D eigenvalue weighted by atomic mass is 16.1. The Morgan fingerprint density at radius 3 is 2.47 bits per heavy atom. The fourth-order valence-corrected chi connectivity index (χ4v) is 4.28. The molecule has 0 bridgehead atoms. The molecule has 0 unspecified atom stereocenters. The Balaban J connectivity index is 2.33. The number of carbonyl (C=O) groups excluding carboxylic acids is 1. The lowest BCUT2D eigenvalue weighted by atomic mass is 9.97. The molecule has 0 N–H and O–H groups in total. The molecule has 0 spiro atoms. The number of hydrogen-bond acceptors (Lipinski definition) is 4. The molecule has 0 aliphatic heterocycles. The molecule has 0 aliphatic carbocycles. The van der Waals surface area contributed by atoms with E-state index in [1.54, 1.807) is 6.92 Å². The molecule has 1 heterocycles. The zero-order valence-corrected chi connectivity index (χ0v) is 22.9. The SMILES string of the molecule is C=C/C(=C\N(C)C)c1cccc(-c2ccc(/C(C=NC)=C/CC)c(CCCCCCCC(C)=O)n2)c1. The maximum Gasteiger partial charge on any atom is 0.129 e. The predicted molar refractivity (Wildman–Crippen MR) is 156 cm³/mol. The van der Waals surface area contributed by atoms with Crippen molar-refractivity contribution < 1.29 is 4.79 Å². The van der Waals surface area contributed by atoms with E-state index in [2.05, 4.69) is 67.2 Å². The zero-order valence-electron chi connectivity index (χ0n) is 22.9. The van der Waals surface area contributed by atoms with E-state index in [4.69, 9.17) is 4.98 Å². The van der Waals surface area contributed by atoms with E-state index in [0.717, 1.165) is 78.6 Å². The molecule has 0 saturated heterocycles. The zero-order chi connectivity index (χ0) is 26.3. The van der Waals surface area contributed by atoms with Crippen LogP contribution < -0.4 is 0 Å². The minimum atomic E-state index is 0.287. The third-order valence-corrected chi connectivity index (χ3v) is 6.03. The van der Waals surface area contributed by atoms with Crippen molar-refractivity contribution in [1.82, 2.24) is 9.88 Å². The highest BCUT2D eigenvalue weighted by Gasteiger charge is 2.12. The van der Waals surface area contributed by atoms with Gasteiger partial charge in [-0.15, -0.1) is 0 Å². The molecule has 0 radical (unpaired) electrons. The Kier molecular flexibility index (Phi) is 12.6. The lowest BCUT2D eigenvalue weighted by Crippen LogP contribution is -2.02. The van der Waals surface area contributed by atoms with Crippen molar-refractivity contribution in [3.63, 3.8) is 0 Å². The summed E-state index contributed by atoms with van der Waals surface area (Å²) < 4.78 is 0. The highest BCUT2D eigenvalue weighted by molar-refractivity contribution is 6.10. The Bertz CT molecular complexity index is 1090. The van der Waals surface area contributed by atoms with Crippen LogP contribution in [0.5, 0.6) is 0 Å². The minimum Gasteiger partial charge on any atom is -0.383 e. The third kappa shape index (κ3) is 9.41. The van der Waals surface area contributed by atoms with Crippen LogP contribution in [-0.4, -0.2) is 43.0 Å². The first-order chi connectivity index (χ1) is 17.4. The fraction of sp³-hybridized carbons (Fsp3) is 0.406. The van der Waals surface area contributed by atoms with Gasteiger partial charge in [0.25, 0.3) is 0 Å². The molecular weight excluding hydrogens is 442 g/mol. The van der Waals surface area contributed by atoms with E-state index in [-0.39, 0.29) is 5.78 Å². The molecule has 4 heteroatoms. The van der Waals surface area contributed by atoms with Crippen LogP contribution in [0.4, 0.5) is 0 Å². The van der Waals surface area contributed by atoms with Crippen LogP contribution in [-0.2, 0) is 11.2 Å². The van der Waals surface area contributed by atoms with Gasteiger partial charge >= 0.3 is 0 Å². The second-order valence-electron chi connectivity index (χ2n) is 9.45. The topological polar surface area (TPSA) is 45.6 Å². The number of allylic oxidation sites excluding steroid dienone is 4. The van der Waals surface area contributed by atoms with Gasteiger partial charge in [-0.25, -0.2) is 0 Å². The van der Waals surface area contributed by atoms with Crippen molar-refractivity contribution >= 4 is 23.1 Å². The molecule has 36 heavy (non-hydrogen) atoms. The molecule has 0 fully saturated rings. The van der Waals surface area contributed by atoms with Crippen LogP contribution in [0.3, 0.4) is 0 Å². The van der Waals surface area contributed by atoms with Crippen molar-refractivity contribution in [2.75, 3.05) is 21.1 Å². The number of aromatic nitrogens is 1. The molecule has 1 aromatic carbocycles. The van der Waals surface area contributed by atoms with Gasteiger partial charge in [0.2, 0.25) is 0 Å². The van der Waals surface area contributed by atoms with E-state index in [9.17, 15) is 4.79 Å². The average molecular weight is 486 g/mol. The van der Waals surface area contributed by atoms with Gasteiger partial charge < -0.3 is 9.69 Å². The van der Waals surface area contributed by atoms with Gasteiger partial charge in [0.05, 0.1) is 5.69 Å². The van der Waals surface area contributed by atoms with Gasteiger partial charge in [-0.1, -0.05) is 69.2 Å². The first kappa shape index (κ1) is 29.0. The summed E-state index contributed by atoms with van der Waals surface area (Å²) >= 11 is 0. The summed E-state index contributed by atoms with van der Waals surface area (Å²) in [7, 11) is 5.85. The second-order valence-corrected chi connectivity index (χ2v) is 9.45. The Hall–Kier alpha value is -3.27. The summed E-state index contributed by atoms with van der Waals surface area (Å²) in [4.78, 5) is 22.7. The molecule has 2 aromatic rings. The van der Waals surface area contributed by atoms with Gasteiger partial charge in [0, 0.05) is 56.8 Å². The van der Waals surface area contributed by atoms with E-state index in [0.29, 0.717) is 6.42 Å². The molecule has 4 nitrogen and oxygen atoms in total. The molecule has 0 saturated carbocycles. The number of pyridine rings is 1. The number of nitrogens with zero attached hydrogens (tertiary/aromatic N) is 3. The van der Waals surface area contributed by atoms with Crippen LogP contribution in [0, 0.1) is 0 Å². The van der Waals surface area contributed by atoms with Crippen molar-refractivity contribution in [1.29, 1.82) is 0 Å². The smallest absolute Gasteiger partial charge is 0.129 e. The summed E-state index contributed by atoms with van der Waals surface area (Å²) in [5.41, 5.74) is 7.70. The number of aryl methyl sites for hydroxylation is 1. The van der Waals surface area contributed by atoms with Crippen LogP contribution in [0.25, 0.3) is 22.4 Å². The second kappa shape index (κ2) is 15.7. The number of benzene rings is 1. The maximum atomic E-state index is 11.2. The summed E-state index contributed by atoms with van der Waals surface area (Å²) in [6.07, 6.45) is 16.2. The third-order valence-electron chi connectivity index (χ3n) is 6.03. The van der Waals surface area contributed by atoms with Gasteiger partial charge in [-0.3, -0.25) is 9.98 Å². The molecular formula is C32H43N3O. The molecule has 0 atom stereocenters. The monoisotopic (exact) mass is 485 g/mol. The number of carbonyl (C=O) groups is 1. The van der Waals surface area contributed by atoms with Crippen molar-refractivity contribution in [2.45, 2.75) is 65.2 Å². The maximum absolute atomic E-state index is 11.2. The molecule has 2 rings (SSSR count). The number of Topliss-reactive ketones (excluding diaryl/α,β-unsaturated/α-hetero) is 1. The van der Waals surface area contributed by atoms with Crippen LogP contribution in [0.1, 0.15) is 75.6 Å². The minimum absolute atomic E-state index is 0.287. The number of aliphatic imine (C=N–C) groups is 1. The summed E-state index contributed by atoms with van der Waals surface area (Å²) in [5, 5.41) is 0. The van der Waals surface area contributed by atoms with Crippen LogP contribution >= 0.6 is 0 Å². The van der Waals surface area contributed by atoms with E-state index in [1.807, 2.05) is 38.3 Å². The summed E-state index contributed by atoms with van der Waals surface area (Å²) in [6, 6.07) is 12.8. The molecule has 0 amide bonds. The average Bonchev–Trinajstić information content (AvgIpc) is 2.86. The van der Waals surface area contributed by atoms with Gasteiger partial charge in [-0.2, -0.15) is 0 Å². The fourth-order valence-electron chi connectivity index (χ4n) is 4.28. The Morgan fingerprint density at radius 2 is 1.81 bits per heavy atom. The Morgan fingerprint density at radius 1 is 1.06 bits per heavy atom. The molecule has 0 aliphatic rings. The van der Waals surface area contributed by atoms with Crippen LogP contribution in [0.15, 0.2) is 66.3 Å².